The summed E-state index contributed by atoms with van der Waals surface area (Å²) in [4.78, 5) is 12.6. The van der Waals surface area contributed by atoms with Gasteiger partial charge >= 0.3 is 10.1 Å². The highest BCUT2D eigenvalue weighted by molar-refractivity contribution is 9.11. The molecule has 0 aliphatic heterocycles. The van der Waals surface area contributed by atoms with E-state index in [1.165, 1.54) is 36.4 Å². The molecule has 6 nitrogen and oxygen atoms in total. The van der Waals surface area contributed by atoms with Crippen molar-refractivity contribution in [3.05, 3.63) is 91.3 Å². The van der Waals surface area contributed by atoms with Crippen LogP contribution in [0.2, 0.25) is 5.02 Å². The minimum atomic E-state index is -4.22. The second-order valence-electron chi connectivity index (χ2n) is 6.74. The van der Waals surface area contributed by atoms with Crippen molar-refractivity contribution in [2.45, 2.75) is 11.8 Å². The van der Waals surface area contributed by atoms with Crippen molar-refractivity contribution in [1.82, 2.24) is 0 Å². The standard InChI is InChI=1S/C23H15Br2ClN2O4S/c1-14-4-2-3-5-21(14)28-23(29)16(13-27)10-15-11-17(24)12-20(25)22(15)32-33(30,31)19-8-6-18(26)7-9-19/h2-12H,1H3,(H,28,29)/b16-10+. The Balaban J connectivity index is 2.01. The summed E-state index contributed by atoms with van der Waals surface area (Å²) in [5.74, 6) is -0.723. The van der Waals surface area contributed by atoms with Gasteiger partial charge in [-0.3, -0.25) is 4.79 Å². The molecular weight excluding hydrogens is 596 g/mol. The number of amides is 1. The second-order valence-corrected chi connectivity index (χ2v) is 10.5. The lowest BCUT2D eigenvalue weighted by Crippen LogP contribution is -2.14. The normalized spacial score (nSPS) is 11.5. The Morgan fingerprint density at radius 1 is 1.12 bits per heavy atom. The van der Waals surface area contributed by atoms with Crippen LogP contribution in [0.5, 0.6) is 5.75 Å². The molecule has 1 amide bonds. The molecule has 3 rings (SSSR count). The van der Waals surface area contributed by atoms with Gasteiger partial charge in [0.2, 0.25) is 0 Å². The largest absolute Gasteiger partial charge is 0.377 e. The molecule has 0 aliphatic rings. The topological polar surface area (TPSA) is 96.3 Å². The maximum atomic E-state index is 12.8. The highest BCUT2D eigenvalue weighted by Crippen LogP contribution is 2.36. The average molecular weight is 611 g/mol. The van der Waals surface area contributed by atoms with Gasteiger partial charge in [0.25, 0.3) is 5.91 Å². The monoisotopic (exact) mass is 608 g/mol. The maximum Gasteiger partial charge on any atom is 0.339 e. The predicted octanol–water partition coefficient (Wildman–Crippen LogP) is 6.49. The molecule has 0 aliphatic carbocycles. The number of anilines is 1. The number of benzene rings is 3. The third kappa shape index (κ3) is 6.24. The van der Waals surface area contributed by atoms with Crippen LogP contribution in [0.25, 0.3) is 6.08 Å². The molecule has 0 radical (unpaired) electrons. The minimum Gasteiger partial charge on any atom is -0.377 e. The van der Waals surface area contributed by atoms with Gasteiger partial charge in [0.15, 0.2) is 5.75 Å². The lowest BCUT2D eigenvalue weighted by Gasteiger charge is -2.13. The first kappa shape index (κ1) is 25.0. The van der Waals surface area contributed by atoms with Crippen molar-refractivity contribution < 1.29 is 17.4 Å². The molecule has 0 heterocycles. The Morgan fingerprint density at radius 3 is 2.42 bits per heavy atom. The summed E-state index contributed by atoms with van der Waals surface area (Å²) < 4.78 is 31.9. The van der Waals surface area contributed by atoms with Gasteiger partial charge < -0.3 is 9.50 Å². The van der Waals surface area contributed by atoms with Crippen molar-refractivity contribution in [2.24, 2.45) is 0 Å². The number of carbonyl (C=O) groups is 1. The van der Waals surface area contributed by atoms with Crippen molar-refractivity contribution in [3.8, 4) is 11.8 Å². The van der Waals surface area contributed by atoms with Crippen LogP contribution >= 0.6 is 43.5 Å². The number of hydrogen-bond acceptors (Lipinski definition) is 5. The van der Waals surface area contributed by atoms with Gasteiger partial charge in [-0.05, 0) is 77.0 Å². The summed E-state index contributed by atoms with van der Waals surface area (Å²) in [5, 5.41) is 12.7. The van der Waals surface area contributed by atoms with E-state index in [0.717, 1.165) is 5.56 Å². The number of halogens is 3. The molecule has 0 fully saturated rings. The van der Waals surface area contributed by atoms with Gasteiger partial charge in [0, 0.05) is 20.7 Å². The molecule has 1 N–H and O–H groups in total. The van der Waals surface area contributed by atoms with Gasteiger partial charge in [-0.2, -0.15) is 13.7 Å². The van der Waals surface area contributed by atoms with Crippen LogP contribution in [0.4, 0.5) is 5.69 Å². The van der Waals surface area contributed by atoms with Crippen LogP contribution in [0, 0.1) is 18.3 Å². The first-order valence-electron chi connectivity index (χ1n) is 9.28. The Morgan fingerprint density at radius 2 is 1.79 bits per heavy atom. The molecule has 3 aromatic carbocycles. The average Bonchev–Trinajstić information content (AvgIpc) is 2.76. The summed E-state index contributed by atoms with van der Waals surface area (Å²) in [6, 6.07) is 17.6. The Hall–Kier alpha value is -2.64. The maximum absolute atomic E-state index is 12.8. The van der Waals surface area contributed by atoms with E-state index in [1.807, 2.05) is 25.1 Å². The summed E-state index contributed by atoms with van der Waals surface area (Å²) in [5.41, 5.74) is 1.34. The van der Waals surface area contributed by atoms with Gasteiger partial charge in [-0.25, -0.2) is 0 Å². The Bertz CT molecular complexity index is 1400. The summed E-state index contributed by atoms with van der Waals surface area (Å²) >= 11 is 12.5. The number of carbonyl (C=O) groups excluding carboxylic acids is 1. The number of hydrogen-bond donors (Lipinski definition) is 1. The van der Waals surface area contributed by atoms with E-state index in [0.29, 0.717) is 19.7 Å². The molecule has 0 saturated carbocycles. The van der Waals surface area contributed by atoms with Crippen molar-refractivity contribution in [1.29, 1.82) is 5.26 Å². The first-order chi connectivity index (χ1) is 15.6. The Labute approximate surface area is 213 Å². The molecule has 0 spiro atoms. The van der Waals surface area contributed by atoms with E-state index in [-0.39, 0.29) is 21.8 Å². The number of nitriles is 1. The van der Waals surface area contributed by atoms with Crippen LogP contribution in [-0.2, 0) is 14.9 Å². The molecule has 0 bridgehead atoms. The molecule has 10 heteroatoms. The summed E-state index contributed by atoms with van der Waals surface area (Å²) in [7, 11) is -4.22. The SMILES string of the molecule is Cc1ccccc1NC(=O)/C(C#N)=C/c1cc(Br)cc(Br)c1OS(=O)(=O)c1ccc(Cl)cc1. The van der Waals surface area contributed by atoms with Crippen LogP contribution in [0.3, 0.4) is 0 Å². The zero-order chi connectivity index (χ0) is 24.2. The zero-order valence-corrected chi connectivity index (χ0v) is 21.7. The lowest BCUT2D eigenvalue weighted by molar-refractivity contribution is -0.112. The number of nitrogens with zero attached hydrogens (tertiary/aromatic N) is 1. The van der Waals surface area contributed by atoms with Gasteiger partial charge in [-0.1, -0.05) is 45.7 Å². The van der Waals surface area contributed by atoms with Gasteiger partial charge in [0.1, 0.15) is 16.5 Å². The molecular formula is C23H15Br2ClN2O4S. The summed E-state index contributed by atoms with van der Waals surface area (Å²) in [6.07, 6.45) is 1.26. The number of para-hydroxylation sites is 1. The quantitative estimate of drug-likeness (QED) is 0.196. The molecule has 168 valence electrons. The smallest absolute Gasteiger partial charge is 0.339 e. The van der Waals surface area contributed by atoms with E-state index in [2.05, 4.69) is 37.2 Å². The fraction of sp³-hybridized carbons (Fsp3) is 0.0435. The highest BCUT2D eigenvalue weighted by atomic mass is 79.9. The molecule has 0 saturated heterocycles. The van der Waals surface area contributed by atoms with Crippen molar-refractivity contribution in [3.63, 3.8) is 0 Å². The predicted molar refractivity (Wildman–Crippen MR) is 135 cm³/mol. The lowest BCUT2D eigenvalue weighted by atomic mass is 10.1. The van der Waals surface area contributed by atoms with Crippen molar-refractivity contribution >= 4 is 71.2 Å². The van der Waals surface area contributed by atoms with E-state index in [9.17, 15) is 18.5 Å². The van der Waals surface area contributed by atoms with Crippen LogP contribution in [0.1, 0.15) is 11.1 Å². The van der Waals surface area contributed by atoms with Crippen LogP contribution in [-0.4, -0.2) is 14.3 Å². The van der Waals surface area contributed by atoms with Crippen LogP contribution in [0.15, 0.2) is 80.1 Å². The number of nitrogens with one attached hydrogen (secondary N) is 1. The van der Waals surface area contributed by atoms with E-state index < -0.39 is 16.0 Å². The molecule has 0 aromatic heterocycles. The summed E-state index contributed by atoms with van der Waals surface area (Å²) in [6.45, 7) is 1.82. The van der Waals surface area contributed by atoms with E-state index in [1.54, 1.807) is 18.2 Å². The molecule has 33 heavy (non-hydrogen) atoms. The second kappa shape index (κ2) is 10.5. The fourth-order valence-corrected chi connectivity index (χ4v) is 5.28. The van der Waals surface area contributed by atoms with E-state index >= 15 is 0 Å². The minimum absolute atomic E-state index is 0.0791. The molecule has 0 unspecified atom stereocenters. The van der Waals surface area contributed by atoms with Gasteiger partial charge in [-0.15, -0.1) is 0 Å². The third-order valence-corrected chi connectivity index (χ3v) is 6.93. The zero-order valence-electron chi connectivity index (χ0n) is 17.0. The highest BCUT2D eigenvalue weighted by Gasteiger charge is 2.22. The van der Waals surface area contributed by atoms with Gasteiger partial charge in [0.05, 0.1) is 4.47 Å². The fourth-order valence-electron chi connectivity index (χ4n) is 2.74. The molecule has 3 aromatic rings. The number of rotatable bonds is 6. The first-order valence-corrected chi connectivity index (χ1v) is 12.7. The van der Waals surface area contributed by atoms with Crippen LogP contribution < -0.4 is 9.50 Å². The third-order valence-electron chi connectivity index (χ3n) is 4.39. The Kier molecular flexibility index (Phi) is 7.97. The van der Waals surface area contributed by atoms with Crippen molar-refractivity contribution in [2.75, 3.05) is 5.32 Å². The van der Waals surface area contributed by atoms with E-state index in [4.69, 9.17) is 15.8 Å². The number of aryl methyl sites for hydroxylation is 1. The molecule has 0 atom stereocenters.